The van der Waals surface area contributed by atoms with E-state index in [9.17, 15) is 10.1 Å². The summed E-state index contributed by atoms with van der Waals surface area (Å²) in [6.45, 7) is 4.85. The van der Waals surface area contributed by atoms with Crippen LogP contribution in [0.1, 0.15) is 38.2 Å². The number of para-hydroxylation sites is 1. The van der Waals surface area contributed by atoms with E-state index in [-0.39, 0.29) is 10.6 Å². The molecule has 0 radical (unpaired) electrons. The SMILES string of the molecule is CCCCCCNc1c(C)cccc1[N+](=O)[O-]. The molecule has 0 heterocycles. The maximum Gasteiger partial charge on any atom is 0.292 e. The first-order chi connectivity index (χ1) is 8.16. The minimum atomic E-state index is -0.332. The summed E-state index contributed by atoms with van der Waals surface area (Å²) in [4.78, 5) is 10.5. The van der Waals surface area contributed by atoms with Gasteiger partial charge in [0.15, 0.2) is 0 Å². The summed E-state index contributed by atoms with van der Waals surface area (Å²) >= 11 is 0. The maximum absolute atomic E-state index is 10.9. The van der Waals surface area contributed by atoms with Gasteiger partial charge >= 0.3 is 0 Å². The lowest BCUT2D eigenvalue weighted by molar-refractivity contribution is -0.384. The third-order valence-electron chi connectivity index (χ3n) is 2.78. The molecule has 0 aliphatic carbocycles. The molecule has 94 valence electrons. The summed E-state index contributed by atoms with van der Waals surface area (Å²) in [5, 5.41) is 14.1. The van der Waals surface area contributed by atoms with Crippen LogP contribution in [-0.4, -0.2) is 11.5 Å². The Morgan fingerprint density at radius 3 is 2.71 bits per heavy atom. The van der Waals surface area contributed by atoms with Crippen LogP contribution in [0.15, 0.2) is 18.2 Å². The van der Waals surface area contributed by atoms with Gasteiger partial charge in [0.05, 0.1) is 4.92 Å². The van der Waals surface area contributed by atoms with Crippen molar-refractivity contribution in [1.29, 1.82) is 0 Å². The van der Waals surface area contributed by atoms with Crippen molar-refractivity contribution in [3.05, 3.63) is 33.9 Å². The molecular weight excluding hydrogens is 216 g/mol. The van der Waals surface area contributed by atoms with Crippen molar-refractivity contribution >= 4 is 11.4 Å². The van der Waals surface area contributed by atoms with Gasteiger partial charge in [-0.3, -0.25) is 10.1 Å². The van der Waals surface area contributed by atoms with Crippen LogP contribution in [0.25, 0.3) is 0 Å². The van der Waals surface area contributed by atoms with Gasteiger partial charge in [-0.25, -0.2) is 0 Å². The van der Waals surface area contributed by atoms with E-state index in [1.807, 2.05) is 13.0 Å². The molecule has 0 aliphatic rings. The standard InChI is InChI=1S/C13H20N2O2/c1-3-4-5-6-10-14-13-11(2)8-7-9-12(13)15(16)17/h7-9,14H,3-6,10H2,1-2H3. The lowest BCUT2D eigenvalue weighted by atomic mass is 10.1. The second-order valence-electron chi connectivity index (χ2n) is 4.21. The second kappa shape index (κ2) is 6.89. The highest BCUT2D eigenvalue weighted by Crippen LogP contribution is 2.27. The lowest BCUT2D eigenvalue weighted by Gasteiger charge is -2.09. The molecule has 0 amide bonds. The summed E-state index contributed by atoms with van der Waals surface area (Å²) in [6, 6.07) is 5.15. The van der Waals surface area contributed by atoms with Crippen molar-refractivity contribution in [2.24, 2.45) is 0 Å². The topological polar surface area (TPSA) is 55.2 Å². The fourth-order valence-corrected chi connectivity index (χ4v) is 1.80. The number of nitro groups is 1. The third-order valence-corrected chi connectivity index (χ3v) is 2.78. The van der Waals surface area contributed by atoms with Gasteiger partial charge in [0, 0.05) is 12.6 Å². The predicted molar refractivity (Wildman–Crippen MR) is 70.5 cm³/mol. The molecule has 0 bridgehead atoms. The predicted octanol–water partition coefficient (Wildman–Crippen LogP) is 3.90. The Morgan fingerprint density at radius 2 is 2.06 bits per heavy atom. The Labute approximate surface area is 102 Å². The first kappa shape index (κ1) is 13.5. The Kier molecular flexibility index (Phi) is 5.46. The fraction of sp³-hybridized carbons (Fsp3) is 0.538. The zero-order valence-corrected chi connectivity index (χ0v) is 10.5. The number of hydrogen-bond acceptors (Lipinski definition) is 3. The van der Waals surface area contributed by atoms with Crippen molar-refractivity contribution in [2.45, 2.75) is 39.5 Å². The minimum absolute atomic E-state index is 0.167. The number of hydrogen-bond donors (Lipinski definition) is 1. The van der Waals surface area contributed by atoms with Crippen LogP contribution in [0.4, 0.5) is 11.4 Å². The van der Waals surface area contributed by atoms with Crippen LogP contribution in [0.2, 0.25) is 0 Å². The van der Waals surface area contributed by atoms with E-state index < -0.39 is 0 Å². The van der Waals surface area contributed by atoms with Crippen LogP contribution in [0.3, 0.4) is 0 Å². The largest absolute Gasteiger partial charge is 0.379 e. The smallest absolute Gasteiger partial charge is 0.292 e. The molecule has 1 aromatic carbocycles. The lowest BCUT2D eigenvalue weighted by Crippen LogP contribution is -2.05. The van der Waals surface area contributed by atoms with Crippen molar-refractivity contribution in [3.63, 3.8) is 0 Å². The Hall–Kier alpha value is -1.58. The van der Waals surface area contributed by atoms with Crippen LogP contribution in [0.5, 0.6) is 0 Å². The highest BCUT2D eigenvalue weighted by molar-refractivity contribution is 5.65. The summed E-state index contributed by atoms with van der Waals surface area (Å²) < 4.78 is 0. The fourth-order valence-electron chi connectivity index (χ4n) is 1.80. The molecule has 17 heavy (non-hydrogen) atoms. The molecule has 0 spiro atoms. The molecule has 0 unspecified atom stereocenters. The van der Waals surface area contributed by atoms with Gasteiger partial charge < -0.3 is 5.32 Å². The zero-order valence-electron chi connectivity index (χ0n) is 10.5. The first-order valence-corrected chi connectivity index (χ1v) is 6.14. The van der Waals surface area contributed by atoms with Gasteiger partial charge in [-0.1, -0.05) is 38.3 Å². The van der Waals surface area contributed by atoms with Crippen molar-refractivity contribution in [2.75, 3.05) is 11.9 Å². The molecule has 0 aliphatic heterocycles. The van der Waals surface area contributed by atoms with E-state index in [1.54, 1.807) is 12.1 Å². The highest BCUT2D eigenvalue weighted by Gasteiger charge is 2.14. The van der Waals surface area contributed by atoms with Gasteiger partial charge in [0.2, 0.25) is 0 Å². The number of aryl methyl sites for hydroxylation is 1. The number of unbranched alkanes of at least 4 members (excludes halogenated alkanes) is 3. The van der Waals surface area contributed by atoms with Crippen LogP contribution >= 0.6 is 0 Å². The number of nitrogens with one attached hydrogen (secondary N) is 1. The number of nitro benzene ring substituents is 1. The molecule has 0 saturated heterocycles. The van der Waals surface area contributed by atoms with Crippen LogP contribution in [0, 0.1) is 17.0 Å². The molecule has 0 saturated carbocycles. The van der Waals surface area contributed by atoms with Gasteiger partial charge in [-0.05, 0) is 18.9 Å². The molecular formula is C13H20N2O2. The summed E-state index contributed by atoms with van der Waals surface area (Å²) in [7, 11) is 0. The van der Waals surface area contributed by atoms with Crippen LogP contribution < -0.4 is 5.32 Å². The second-order valence-corrected chi connectivity index (χ2v) is 4.21. The molecule has 4 heteroatoms. The normalized spacial score (nSPS) is 10.2. The van der Waals surface area contributed by atoms with Gasteiger partial charge in [0.25, 0.3) is 5.69 Å². The van der Waals surface area contributed by atoms with Gasteiger partial charge in [-0.15, -0.1) is 0 Å². The average molecular weight is 236 g/mol. The van der Waals surface area contributed by atoms with E-state index >= 15 is 0 Å². The number of anilines is 1. The summed E-state index contributed by atoms with van der Waals surface area (Å²) in [5.74, 6) is 0. The van der Waals surface area contributed by atoms with Gasteiger partial charge in [-0.2, -0.15) is 0 Å². The van der Waals surface area contributed by atoms with E-state index in [0.717, 1.165) is 18.5 Å². The minimum Gasteiger partial charge on any atom is -0.379 e. The molecule has 1 rings (SSSR count). The van der Waals surface area contributed by atoms with Gasteiger partial charge in [0.1, 0.15) is 5.69 Å². The number of rotatable bonds is 7. The number of benzene rings is 1. The molecule has 4 nitrogen and oxygen atoms in total. The van der Waals surface area contributed by atoms with E-state index in [2.05, 4.69) is 12.2 Å². The van der Waals surface area contributed by atoms with Crippen molar-refractivity contribution in [3.8, 4) is 0 Å². The zero-order chi connectivity index (χ0) is 12.7. The maximum atomic E-state index is 10.9. The Morgan fingerprint density at radius 1 is 1.29 bits per heavy atom. The summed E-state index contributed by atoms with van der Waals surface area (Å²) in [6.07, 6.45) is 4.64. The number of nitrogens with zero attached hydrogens (tertiary/aromatic N) is 1. The Balaban J connectivity index is 2.60. The molecule has 0 atom stereocenters. The first-order valence-electron chi connectivity index (χ1n) is 6.14. The molecule has 0 aromatic heterocycles. The highest BCUT2D eigenvalue weighted by atomic mass is 16.6. The monoisotopic (exact) mass is 236 g/mol. The molecule has 1 aromatic rings. The Bertz CT molecular complexity index is 378. The quantitative estimate of drug-likeness (QED) is 0.444. The van der Waals surface area contributed by atoms with Crippen LogP contribution in [-0.2, 0) is 0 Å². The van der Waals surface area contributed by atoms with Crippen molar-refractivity contribution in [1.82, 2.24) is 0 Å². The molecule has 1 N–H and O–H groups in total. The van der Waals surface area contributed by atoms with Crippen molar-refractivity contribution < 1.29 is 4.92 Å². The third kappa shape index (κ3) is 4.06. The summed E-state index contributed by atoms with van der Waals surface area (Å²) in [5.41, 5.74) is 1.75. The van der Waals surface area contributed by atoms with E-state index in [4.69, 9.17) is 0 Å². The average Bonchev–Trinajstić information content (AvgIpc) is 2.30. The van der Waals surface area contributed by atoms with E-state index in [1.165, 1.54) is 19.3 Å². The van der Waals surface area contributed by atoms with E-state index in [0.29, 0.717) is 5.69 Å². The molecule has 0 fully saturated rings.